The normalized spacial score (nSPS) is 17.9. The highest BCUT2D eigenvalue weighted by Gasteiger charge is 2.25. The minimum Gasteiger partial charge on any atom is -0.356 e. The lowest BCUT2D eigenvalue weighted by Crippen LogP contribution is -2.35. The zero-order valence-corrected chi connectivity index (χ0v) is 19.8. The number of hydrogen-bond acceptors (Lipinski definition) is 4. The average Bonchev–Trinajstić information content (AvgIpc) is 3.12. The number of likely N-dealkylation sites (tertiary alicyclic amines) is 1. The van der Waals surface area contributed by atoms with Crippen molar-refractivity contribution < 1.29 is 13.2 Å². The molecule has 164 valence electrons. The lowest BCUT2D eigenvalue weighted by atomic mass is 9.95. The van der Waals surface area contributed by atoms with Gasteiger partial charge in [-0.2, -0.15) is 0 Å². The van der Waals surface area contributed by atoms with Gasteiger partial charge >= 0.3 is 0 Å². The second kappa shape index (κ2) is 9.58. The third kappa shape index (κ3) is 5.58. The van der Waals surface area contributed by atoms with Crippen LogP contribution in [0.4, 0.5) is 0 Å². The van der Waals surface area contributed by atoms with E-state index in [1.54, 1.807) is 0 Å². The first kappa shape index (κ1) is 23.8. The molecule has 0 aliphatic carbocycles. The zero-order valence-electron chi connectivity index (χ0n) is 19.0. The molecule has 0 radical (unpaired) electrons. The molecule has 0 spiro atoms. The van der Waals surface area contributed by atoms with Crippen LogP contribution in [0.25, 0.3) is 0 Å². The second-order valence-electron chi connectivity index (χ2n) is 8.65. The number of nitrogens with one attached hydrogen (secondary N) is 2. The van der Waals surface area contributed by atoms with Crippen LogP contribution in [0.3, 0.4) is 0 Å². The van der Waals surface area contributed by atoms with Crippen LogP contribution in [-0.2, 0) is 14.8 Å². The third-order valence-electron chi connectivity index (χ3n) is 6.48. The number of carbonyl (C=O) groups excluding carboxylic acids is 1. The van der Waals surface area contributed by atoms with E-state index in [2.05, 4.69) is 28.8 Å². The smallest absolute Gasteiger partial charge is 0.241 e. The van der Waals surface area contributed by atoms with Gasteiger partial charge in [0, 0.05) is 32.1 Å². The van der Waals surface area contributed by atoms with Crippen LogP contribution < -0.4 is 10.0 Å². The molecule has 6 nitrogen and oxygen atoms in total. The third-order valence-corrected chi connectivity index (χ3v) is 8.21. The molecule has 0 saturated carbocycles. The Morgan fingerprint density at radius 3 is 2.10 bits per heavy atom. The summed E-state index contributed by atoms with van der Waals surface area (Å²) in [6.07, 6.45) is 1.23. The molecule has 29 heavy (non-hydrogen) atoms. The molecule has 1 aliphatic heterocycles. The largest absolute Gasteiger partial charge is 0.356 e. The molecule has 0 bridgehead atoms. The predicted molar refractivity (Wildman–Crippen MR) is 118 cm³/mol. The van der Waals surface area contributed by atoms with Crippen LogP contribution in [-0.4, -0.2) is 51.4 Å². The Kier molecular flexibility index (Phi) is 7.87. The highest BCUT2D eigenvalue weighted by atomic mass is 32.2. The van der Waals surface area contributed by atoms with E-state index in [9.17, 15) is 13.2 Å². The van der Waals surface area contributed by atoms with Crippen LogP contribution >= 0.6 is 0 Å². The van der Waals surface area contributed by atoms with Gasteiger partial charge in [0.2, 0.25) is 15.9 Å². The Labute approximate surface area is 176 Å². The maximum atomic E-state index is 12.9. The Balaban J connectivity index is 1.89. The van der Waals surface area contributed by atoms with Gasteiger partial charge in [-0.3, -0.25) is 4.79 Å². The number of nitrogens with zero attached hydrogens (tertiary/aromatic N) is 1. The van der Waals surface area contributed by atoms with Crippen molar-refractivity contribution in [1.29, 1.82) is 0 Å². The van der Waals surface area contributed by atoms with Crippen LogP contribution in [0.5, 0.6) is 0 Å². The Bertz CT molecular complexity index is 834. The molecular formula is C22H37N3O3S. The fourth-order valence-corrected chi connectivity index (χ4v) is 5.71. The van der Waals surface area contributed by atoms with Crippen molar-refractivity contribution in [3.05, 3.63) is 27.8 Å². The monoisotopic (exact) mass is 423 g/mol. The SMILES string of the molecule is Cc1c(C)c(C)c(S(=O)(=O)NCCC(=O)NCC2CCN(C(C)C)C2)c(C)c1C. The molecule has 1 saturated heterocycles. The molecule has 1 unspecified atom stereocenters. The van der Waals surface area contributed by atoms with Gasteiger partial charge in [0.1, 0.15) is 0 Å². The summed E-state index contributed by atoms with van der Waals surface area (Å²) in [7, 11) is -3.66. The minimum atomic E-state index is -3.66. The Hall–Kier alpha value is -1.44. The molecule has 1 heterocycles. The van der Waals surface area contributed by atoms with Crippen molar-refractivity contribution in [2.24, 2.45) is 5.92 Å². The van der Waals surface area contributed by atoms with Crippen LogP contribution in [0.15, 0.2) is 4.90 Å². The van der Waals surface area contributed by atoms with Crippen molar-refractivity contribution in [2.75, 3.05) is 26.2 Å². The summed E-state index contributed by atoms with van der Waals surface area (Å²) in [6, 6.07) is 0.533. The number of rotatable bonds is 8. The van der Waals surface area contributed by atoms with E-state index in [0.717, 1.165) is 47.3 Å². The fourth-order valence-electron chi connectivity index (χ4n) is 4.08. The summed E-state index contributed by atoms with van der Waals surface area (Å²) in [4.78, 5) is 14.9. The quantitative estimate of drug-likeness (QED) is 0.674. The number of benzene rings is 1. The highest BCUT2D eigenvalue weighted by Crippen LogP contribution is 2.29. The van der Waals surface area contributed by atoms with Gasteiger partial charge in [-0.05, 0) is 95.2 Å². The van der Waals surface area contributed by atoms with Crippen molar-refractivity contribution in [2.45, 2.75) is 72.2 Å². The molecule has 1 aromatic carbocycles. The summed E-state index contributed by atoms with van der Waals surface area (Å²) < 4.78 is 28.4. The second-order valence-corrected chi connectivity index (χ2v) is 10.4. The van der Waals surface area contributed by atoms with E-state index >= 15 is 0 Å². The van der Waals surface area contributed by atoms with E-state index in [-0.39, 0.29) is 18.9 Å². The highest BCUT2D eigenvalue weighted by molar-refractivity contribution is 7.89. The molecule has 2 rings (SSSR count). The Morgan fingerprint density at radius 1 is 1.03 bits per heavy atom. The fraction of sp³-hybridized carbons (Fsp3) is 0.682. The minimum absolute atomic E-state index is 0.0990. The topological polar surface area (TPSA) is 78.5 Å². The van der Waals surface area contributed by atoms with E-state index in [1.807, 2.05) is 34.6 Å². The van der Waals surface area contributed by atoms with Gasteiger partial charge in [-0.15, -0.1) is 0 Å². The van der Waals surface area contributed by atoms with Gasteiger partial charge < -0.3 is 10.2 Å². The molecular weight excluding hydrogens is 386 g/mol. The number of carbonyl (C=O) groups is 1. The summed E-state index contributed by atoms with van der Waals surface area (Å²) in [5.74, 6) is 0.363. The molecule has 2 N–H and O–H groups in total. The molecule has 0 aromatic heterocycles. The van der Waals surface area contributed by atoms with E-state index in [0.29, 0.717) is 23.4 Å². The van der Waals surface area contributed by atoms with Crippen molar-refractivity contribution >= 4 is 15.9 Å². The van der Waals surface area contributed by atoms with E-state index in [1.165, 1.54) is 0 Å². The van der Waals surface area contributed by atoms with E-state index < -0.39 is 10.0 Å². The lowest BCUT2D eigenvalue weighted by molar-refractivity contribution is -0.121. The number of amides is 1. The van der Waals surface area contributed by atoms with Crippen LogP contribution in [0.1, 0.15) is 54.5 Å². The van der Waals surface area contributed by atoms with Gasteiger partial charge in [0.05, 0.1) is 4.90 Å². The molecule has 1 fully saturated rings. The molecule has 1 amide bonds. The van der Waals surface area contributed by atoms with Gasteiger partial charge in [-0.25, -0.2) is 13.1 Å². The van der Waals surface area contributed by atoms with Gasteiger partial charge in [-0.1, -0.05) is 0 Å². The van der Waals surface area contributed by atoms with Crippen molar-refractivity contribution in [3.8, 4) is 0 Å². The van der Waals surface area contributed by atoms with Gasteiger partial charge in [0.15, 0.2) is 0 Å². The van der Waals surface area contributed by atoms with Gasteiger partial charge in [0.25, 0.3) is 0 Å². The van der Waals surface area contributed by atoms with E-state index in [4.69, 9.17) is 0 Å². The van der Waals surface area contributed by atoms with Crippen LogP contribution in [0.2, 0.25) is 0 Å². The first-order valence-corrected chi connectivity index (χ1v) is 12.0. The first-order chi connectivity index (χ1) is 13.5. The molecule has 1 aliphatic rings. The standard InChI is InChI=1S/C22H37N3O3S/c1-14(2)25-11-9-20(13-25)12-23-21(26)8-10-24-29(27,28)22-18(6)16(4)15(3)17(5)19(22)7/h14,20,24H,8-13H2,1-7H3,(H,23,26). The number of sulfonamides is 1. The summed E-state index contributed by atoms with van der Waals surface area (Å²) in [5.41, 5.74) is 4.68. The average molecular weight is 424 g/mol. The van der Waals surface area contributed by atoms with Crippen molar-refractivity contribution in [1.82, 2.24) is 14.9 Å². The maximum absolute atomic E-state index is 12.9. The molecule has 1 atom stereocenters. The maximum Gasteiger partial charge on any atom is 0.241 e. The summed E-state index contributed by atoms with van der Waals surface area (Å²) in [6.45, 7) is 16.8. The summed E-state index contributed by atoms with van der Waals surface area (Å²) in [5, 5.41) is 2.96. The molecule has 7 heteroatoms. The van der Waals surface area contributed by atoms with Crippen LogP contribution in [0, 0.1) is 40.5 Å². The lowest BCUT2D eigenvalue weighted by Gasteiger charge is -2.20. The van der Waals surface area contributed by atoms with Crippen molar-refractivity contribution in [3.63, 3.8) is 0 Å². The number of hydrogen-bond donors (Lipinski definition) is 2. The summed E-state index contributed by atoms with van der Waals surface area (Å²) >= 11 is 0. The first-order valence-electron chi connectivity index (χ1n) is 10.5. The predicted octanol–water partition coefficient (Wildman–Crippen LogP) is 2.74. The molecule has 1 aromatic rings. The zero-order chi connectivity index (χ0) is 21.9. The Morgan fingerprint density at radius 2 is 1.59 bits per heavy atom.